The van der Waals surface area contributed by atoms with Gasteiger partial charge in [-0.25, -0.2) is 14.7 Å². The van der Waals surface area contributed by atoms with Gasteiger partial charge in [0.2, 0.25) is 0 Å². The smallest absolute Gasteiger partial charge is 0.335 e. The molecule has 9 heteroatoms. The molecule has 9 nitrogen and oxygen atoms in total. The Kier molecular flexibility index (Phi) is 6.88. The Morgan fingerprint density at radius 3 is 2.55 bits per heavy atom. The number of rotatable bonds is 8. The van der Waals surface area contributed by atoms with E-state index >= 15 is 0 Å². The van der Waals surface area contributed by atoms with Crippen LogP contribution in [0.4, 0.5) is 4.79 Å². The summed E-state index contributed by atoms with van der Waals surface area (Å²) >= 11 is 0. The van der Waals surface area contributed by atoms with Crippen molar-refractivity contribution in [2.75, 3.05) is 6.54 Å². The predicted molar refractivity (Wildman–Crippen MR) is 154 cm³/mol. The van der Waals surface area contributed by atoms with Crippen LogP contribution in [0.2, 0.25) is 0 Å². The molecule has 3 heterocycles. The van der Waals surface area contributed by atoms with Crippen LogP contribution in [-0.2, 0) is 23.3 Å². The summed E-state index contributed by atoms with van der Waals surface area (Å²) < 4.78 is 7.35. The first-order valence-corrected chi connectivity index (χ1v) is 13.6. The van der Waals surface area contributed by atoms with Gasteiger partial charge in [0, 0.05) is 25.0 Å². The Hall–Kier alpha value is -5.49. The van der Waals surface area contributed by atoms with E-state index in [1.807, 2.05) is 53.1 Å². The van der Waals surface area contributed by atoms with Gasteiger partial charge in [0.15, 0.2) is 11.3 Å². The maximum absolute atomic E-state index is 14.2. The number of nitrogens with zero attached hydrogens (tertiary/aromatic N) is 5. The molecule has 0 N–H and O–H groups in total. The fraction of sp³-hybridized carbons (Fsp3) is 0.182. The van der Waals surface area contributed by atoms with E-state index in [-0.39, 0.29) is 12.3 Å². The highest BCUT2D eigenvalue weighted by molar-refractivity contribution is 6.17. The number of fused-ring (bicyclic) bond motifs is 1. The van der Waals surface area contributed by atoms with Crippen molar-refractivity contribution < 1.29 is 18.8 Å². The molecule has 1 saturated heterocycles. The molecule has 0 spiro atoms. The first-order valence-electron chi connectivity index (χ1n) is 13.6. The second kappa shape index (κ2) is 10.8. The summed E-state index contributed by atoms with van der Waals surface area (Å²) in [5, 5.41) is 10.7. The van der Waals surface area contributed by atoms with E-state index in [0.29, 0.717) is 30.5 Å². The van der Waals surface area contributed by atoms with E-state index in [0.717, 1.165) is 26.9 Å². The number of imidazole rings is 1. The Morgan fingerprint density at radius 1 is 1.00 bits per heavy atom. The number of hydrogen-bond donors (Lipinski definition) is 0. The van der Waals surface area contributed by atoms with Crippen LogP contribution >= 0.6 is 0 Å². The molecular weight excluding hydrogens is 530 g/mol. The van der Waals surface area contributed by atoms with Crippen molar-refractivity contribution in [3.63, 3.8) is 0 Å². The number of carbonyl (C=O) groups is 3. The molecule has 0 radical (unpaired) electrons. The minimum Gasteiger partial charge on any atom is -0.459 e. The minimum absolute atomic E-state index is 0.0174. The zero-order valence-electron chi connectivity index (χ0n) is 22.9. The molecule has 0 saturated carbocycles. The topological polar surface area (TPSA) is 112 Å². The third kappa shape index (κ3) is 4.53. The van der Waals surface area contributed by atoms with Gasteiger partial charge in [-0.2, -0.15) is 5.26 Å². The van der Waals surface area contributed by atoms with Crippen molar-refractivity contribution in [1.82, 2.24) is 19.4 Å². The van der Waals surface area contributed by atoms with E-state index in [1.54, 1.807) is 43.7 Å². The summed E-state index contributed by atoms with van der Waals surface area (Å²) in [4.78, 5) is 48.2. The molecule has 208 valence electrons. The number of hydrogen-bond acceptors (Lipinski definition) is 6. The van der Waals surface area contributed by atoms with Gasteiger partial charge in [-0.3, -0.25) is 14.5 Å². The van der Waals surface area contributed by atoms with Crippen LogP contribution in [0.5, 0.6) is 0 Å². The van der Waals surface area contributed by atoms with Gasteiger partial charge in [-0.15, -0.1) is 0 Å². The van der Waals surface area contributed by atoms with Crippen molar-refractivity contribution in [1.29, 1.82) is 5.26 Å². The Balaban J connectivity index is 1.26. The van der Waals surface area contributed by atoms with Crippen LogP contribution in [0.15, 0.2) is 102 Å². The van der Waals surface area contributed by atoms with E-state index < -0.39 is 23.4 Å². The average molecular weight is 558 g/mol. The fourth-order valence-electron chi connectivity index (χ4n) is 5.64. The van der Waals surface area contributed by atoms with Crippen LogP contribution < -0.4 is 0 Å². The summed E-state index contributed by atoms with van der Waals surface area (Å²) in [7, 11) is 0. The highest BCUT2D eigenvalue weighted by Crippen LogP contribution is 2.41. The summed E-state index contributed by atoms with van der Waals surface area (Å²) in [5.41, 5.74) is 1.57. The van der Waals surface area contributed by atoms with Crippen LogP contribution in [0, 0.1) is 11.3 Å². The molecule has 42 heavy (non-hydrogen) atoms. The number of carbonyl (C=O) groups excluding carboxylic acids is 3. The van der Waals surface area contributed by atoms with E-state index in [4.69, 9.17) is 9.68 Å². The standard InChI is InChI=1S/C33H27N5O4/c1-33(28-11-4-8-25-7-2-3-10-27(25)28)31(40)37(32(41)38(33)30(39)29-12-6-18-42-29)17-5-9-26-20-35-22-36(26)21-24-15-13-23(19-34)14-16-24/h2-4,6-8,10-16,18,20,22H,5,9,17,21H2,1H3. The lowest BCUT2D eigenvalue weighted by Crippen LogP contribution is -2.47. The quantitative estimate of drug-likeness (QED) is 0.233. The van der Waals surface area contributed by atoms with Crippen molar-refractivity contribution in [2.45, 2.75) is 31.8 Å². The minimum atomic E-state index is -1.57. The van der Waals surface area contributed by atoms with Gasteiger partial charge in [0.05, 0.1) is 24.2 Å². The third-order valence-electron chi connectivity index (χ3n) is 7.83. The van der Waals surface area contributed by atoms with Crippen LogP contribution in [0.25, 0.3) is 10.8 Å². The summed E-state index contributed by atoms with van der Waals surface area (Å²) in [6, 6.07) is 25.0. The average Bonchev–Trinajstić information content (AvgIpc) is 3.75. The first kappa shape index (κ1) is 26.7. The fourth-order valence-corrected chi connectivity index (χ4v) is 5.64. The number of amides is 4. The Morgan fingerprint density at radius 2 is 1.79 bits per heavy atom. The summed E-state index contributed by atoms with van der Waals surface area (Å²) in [6.45, 7) is 2.33. The van der Waals surface area contributed by atoms with Gasteiger partial charge >= 0.3 is 6.03 Å². The molecule has 2 aromatic heterocycles. The molecule has 0 bridgehead atoms. The van der Waals surface area contributed by atoms with Gasteiger partial charge in [-0.05, 0) is 65.9 Å². The predicted octanol–water partition coefficient (Wildman–Crippen LogP) is 5.50. The van der Waals surface area contributed by atoms with Gasteiger partial charge in [0.1, 0.15) is 0 Å². The molecule has 3 aromatic carbocycles. The van der Waals surface area contributed by atoms with Gasteiger partial charge < -0.3 is 8.98 Å². The van der Waals surface area contributed by atoms with Crippen molar-refractivity contribution in [3.05, 3.63) is 126 Å². The van der Waals surface area contributed by atoms with E-state index in [1.165, 1.54) is 17.2 Å². The lowest BCUT2D eigenvalue weighted by atomic mass is 9.86. The molecule has 5 aromatic rings. The van der Waals surface area contributed by atoms with Crippen molar-refractivity contribution in [3.8, 4) is 6.07 Å². The van der Waals surface area contributed by atoms with Crippen LogP contribution in [0.3, 0.4) is 0 Å². The van der Waals surface area contributed by atoms with E-state index in [9.17, 15) is 14.4 Å². The molecule has 1 aliphatic rings. The number of urea groups is 1. The Labute approximate surface area is 242 Å². The van der Waals surface area contributed by atoms with Crippen LogP contribution in [-0.4, -0.2) is 43.7 Å². The third-order valence-corrected chi connectivity index (χ3v) is 7.83. The van der Waals surface area contributed by atoms with Crippen LogP contribution in [0.1, 0.15) is 46.3 Å². The molecule has 0 aliphatic carbocycles. The number of benzene rings is 3. The molecule has 1 fully saturated rings. The van der Waals surface area contributed by atoms with Crippen molar-refractivity contribution in [2.24, 2.45) is 0 Å². The zero-order chi connectivity index (χ0) is 29.3. The highest BCUT2D eigenvalue weighted by Gasteiger charge is 2.58. The second-order valence-corrected chi connectivity index (χ2v) is 10.4. The second-order valence-electron chi connectivity index (χ2n) is 10.4. The molecule has 1 atom stereocenters. The molecule has 1 aliphatic heterocycles. The van der Waals surface area contributed by atoms with E-state index in [2.05, 4.69) is 11.1 Å². The lowest BCUT2D eigenvalue weighted by Gasteiger charge is -2.31. The highest BCUT2D eigenvalue weighted by atomic mass is 16.3. The summed E-state index contributed by atoms with van der Waals surface area (Å²) in [5.74, 6) is -1.15. The number of aryl methyl sites for hydroxylation is 1. The van der Waals surface area contributed by atoms with Crippen molar-refractivity contribution >= 4 is 28.6 Å². The number of nitriles is 1. The SMILES string of the molecule is CC1(c2cccc3ccccc23)C(=O)N(CCCc2cncn2Cc2ccc(C#N)cc2)C(=O)N1C(=O)c1ccco1. The monoisotopic (exact) mass is 557 g/mol. The molecular formula is C33H27N5O4. The largest absolute Gasteiger partial charge is 0.459 e. The number of imide groups is 2. The molecule has 6 rings (SSSR count). The maximum atomic E-state index is 14.2. The maximum Gasteiger partial charge on any atom is 0.335 e. The van der Waals surface area contributed by atoms with Gasteiger partial charge in [0.25, 0.3) is 11.8 Å². The van der Waals surface area contributed by atoms with Gasteiger partial charge in [-0.1, -0.05) is 54.6 Å². The molecule has 1 unspecified atom stereocenters. The normalized spacial score (nSPS) is 16.8. The number of furan rings is 1. The summed E-state index contributed by atoms with van der Waals surface area (Å²) in [6.07, 6.45) is 5.91. The first-order chi connectivity index (χ1) is 20.4. The zero-order valence-corrected chi connectivity index (χ0v) is 22.9. The Bertz CT molecular complexity index is 1830. The lowest BCUT2D eigenvalue weighted by molar-refractivity contribution is -0.132. The number of aromatic nitrogens is 2. The molecule has 4 amide bonds.